The molecule has 3 heteroatoms. The number of Topliss-reactive ketones (excluding diaryl/α,β-unsaturated/α-hetero) is 1. The van der Waals surface area contributed by atoms with Crippen molar-refractivity contribution >= 4 is 17.4 Å². The predicted molar refractivity (Wildman–Crippen MR) is 78.2 cm³/mol. The van der Waals surface area contributed by atoms with Gasteiger partial charge < -0.3 is 10.1 Å². The van der Waals surface area contributed by atoms with Crippen LogP contribution in [0.1, 0.15) is 51.0 Å². The Labute approximate surface area is 115 Å². The molecule has 0 aliphatic rings. The minimum atomic E-state index is 0.0702. The number of hydrogen-bond acceptors (Lipinski definition) is 2. The molecule has 0 saturated carbocycles. The van der Waals surface area contributed by atoms with Crippen LogP contribution < -0.4 is 5.32 Å². The maximum absolute atomic E-state index is 11.7. The van der Waals surface area contributed by atoms with Gasteiger partial charge in [-0.15, -0.1) is 0 Å². The second kappa shape index (κ2) is 8.46. The Morgan fingerprint density at radius 3 is 2.26 bits per heavy atom. The topological polar surface area (TPSA) is 46.2 Å². The van der Waals surface area contributed by atoms with Crippen molar-refractivity contribution in [1.29, 1.82) is 0 Å². The summed E-state index contributed by atoms with van der Waals surface area (Å²) in [5, 5.41) is 2.93. The number of carbonyl (C=O) groups is 2. The molecule has 0 bridgehead atoms. The molecule has 1 aromatic carbocycles. The fourth-order valence-corrected chi connectivity index (χ4v) is 1.94. The zero-order valence-electron chi connectivity index (χ0n) is 11.9. The van der Waals surface area contributed by atoms with Crippen molar-refractivity contribution in [1.82, 2.24) is 0 Å². The van der Waals surface area contributed by atoms with Crippen LogP contribution in [0, 0.1) is 6.92 Å². The van der Waals surface area contributed by atoms with Crippen molar-refractivity contribution in [3.8, 4) is 0 Å². The van der Waals surface area contributed by atoms with Gasteiger partial charge in [0.15, 0.2) is 0 Å². The molecule has 0 unspecified atom stereocenters. The molecule has 1 aromatic rings. The molecule has 19 heavy (non-hydrogen) atoms. The highest BCUT2D eigenvalue weighted by atomic mass is 16.1. The number of hydrogen-bond donors (Lipinski definition) is 1. The third-order valence-corrected chi connectivity index (χ3v) is 3.10. The third kappa shape index (κ3) is 6.75. The van der Waals surface area contributed by atoms with E-state index in [0.717, 1.165) is 36.9 Å². The number of ketones is 1. The molecule has 0 aliphatic carbocycles. The van der Waals surface area contributed by atoms with Crippen molar-refractivity contribution < 1.29 is 9.59 Å². The average Bonchev–Trinajstić information content (AvgIpc) is 2.36. The highest BCUT2D eigenvalue weighted by Gasteiger charge is 2.03. The summed E-state index contributed by atoms with van der Waals surface area (Å²) in [6, 6.07) is 7.78. The highest BCUT2D eigenvalue weighted by molar-refractivity contribution is 5.91. The van der Waals surface area contributed by atoms with Gasteiger partial charge in [0.25, 0.3) is 0 Å². The molecule has 0 spiro atoms. The Balaban J connectivity index is 2.15. The van der Waals surface area contributed by atoms with Gasteiger partial charge in [0.1, 0.15) is 5.78 Å². The van der Waals surface area contributed by atoms with Gasteiger partial charge >= 0.3 is 0 Å². The van der Waals surface area contributed by atoms with E-state index in [1.807, 2.05) is 31.2 Å². The molecule has 0 radical (unpaired) electrons. The van der Waals surface area contributed by atoms with Crippen LogP contribution in [0.3, 0.4) is 0 Å². The number of amides is 1. The van der Waals surface area contributed by atoms with Crippen molar-refractivity contribution in [2.24, 2.45) is 0 Å². The van der Waals surface area contributed by atoms with Crippen LogP contribution in [-0.4, -0.2) is 11.7 Å². The quantitative estimate of drug-likeness (QED) is 0.722. The molecule has 0 fully saturated rings. The monoisotopic (exact) mass is 261 g/mol. The molecule has 0 heterocycles. The summed E-state index contributed by atoms with van der Waals surface area (Å²) in [6.45, 7) is 3.60. The largest absolute Gasteiger partial charge is 0.326 e. The Bertz CT molecular complexity index is 427. The molecule has 0 aliphatic heterocycles. The first kappa shape index (κ1) is 15.4. The van der Waals surface area contributed by atoms with E-state index in [0.29, 0.717) is 12.8 Å². The first-order valence-electron chi connectivity index (χ1n) is 6.94. The number of carbonyl (C=O) groups excluding carboxylic acids is 2. The molecule has 1 N–H and O–H groups in total. The number of unbranched alkanes of at least 4 members (excludes halogenated alkanes) is 3. The Morgan fingerprint density at radius 1 is 1.00 bits per heavy atom. The van der Waals surface area contributed by atoms with Gasteiger partial charge in [0.2, 0.25) is 5.91 Å². The number of aryl methyl sites for hydroxylation is 1. The predicted octanol–water partition coefficient (Wildman–Crippen LogP) is 3.86. The summed E-state index contributed by atoms with van der Waals surface area (Å²) in [4.78, 5) is 22.5. The van der Waals surface area contributed by atoms with Crippen LogP contribution in [0.5, 0.6) is 0 Å². The minimum Gasteiger partial charge on any atom is -0.326 e. The lowest BCUT2D eigenvalue weighted by Crippen LogP contribution is -2.11. The van der Waals surface area contributed by atoms with Gasteiger partial charge in [-0.25, -0.2) is 0 Å². The number of rotatable bonds is 8. The molecule has 0 aromatic heterocycles. The van der Waals surface area contributed by atoms with E-state index in [9.17, 15) is 9.59 Å². The summed E-state index contributed by atoms with van der Waals surface area (Å²) in [5.41, 5.74) is 1.97. The number of para-hydroxylation sites is 1. The fraction of sp³-hybridized carbons (Fsp3) is 0.500. The second-order valence-electron chi connectivity index (χ2n) is 4.98. The standard InChI is InChI=1S/C16H23NO2/c1-13-9-7-8-11-15(13)17-16(19)12-6-4-3-5-10-14(2)18/h7-9,11H,3-6,10,12H2,1-2H3,(H,17,19). The van der Waals surface area contributed by atoms with E-state index in [1.165, 1.54) is 0 Å². The first-order valence-corrected chi connectivity index (χ1v) is 6.94. The van der Waals surface area contributed by atoms with Gasteiger partial charge in [-0.05, 0) is 38.3 Å². The van der Waals surface area contributed by atoms with E-state index in [2.05, 4.69) is 5.32 Å². The van der Waals surface area contributed by atoms with E-state index in [-0.39, 0.29) is 11.7 Å². The van der Waals surface area contributed by atoms with Crippen LogP contribution in [0.25, 0.3) is 0 Å². The fourth-order valence-electron chi connectivity index (χ4n) is 1.94. The third-order valence-electron chi connectivity index (χ3n) is 3.10. The Kier molecular flexibility index (Phi) is 6.86. The summed E-state index contributed by atoms with van der Waals surface area (Å²) < 4.78 is 0. The highest BCUT2D eigenvalue weighted by Crippen LogP contribution is 2.14. The second-order valence-corrected chi connectivity index (χ2v) is 4.98. The number of benzene rings is 1. The van der Waals surface area contributed by atoms with E-state index in [1.54, 1.807) is 6.92 Å². The Hall–Kier alpha value is -1.64. The van der Waals surface area contributed by atoms with Gasteiger partial charge in [-0.2, -0.15) is 0 Å². The molecular weight excluding hydrogens is 238 g/mol. The Morgan fingerprint density at radius 2 is 1.63 bits per heavy atom. The average molecular weight is 261 g/mol. The molecule has 1 rings (SSSR count). The van der Waals surface area contributed by atoms with Crippen LogP contribution in [0.15, 0.2) is 24.3 Å². The molecule has 0 atom stereocenters. The lowest BCUT2D eigenvalue weighted by Gasteiger charge is -2.07. The summed E-state index contributed by atoms with van der Waals surface area (Å²) in [6.07, 6.45) is 5.07. The van der Waals surface area contributed by atoms with E-state index in [4.69, 9.17) is 0 Å². The number of nitrogens with one attached hydrogen (secondary N) is 1. The first-order chi connectivity index (χ1) is 9.09. The molecule has 0 saturated heterocycles. The normalized spacial score (nSPS) is 10.2. The van der Waals surface area contributed by atoms with Crippen molar-refractivity contribution in [2.45, 2.75) is 52.4 Å². The zero-order chi connectivity index (χ0) is 14.1. The zero-order valence-corrected chi connectivity index (χ0v) is 11.9. The molecule has 1 amide bonds. The maximum Gasteiger partial charge on any atom is 0.224 e. The minimum absolute atomic E-state index is 0.0702. The summed E-state index contributed by atoms with van der Waals surface area (Å²) in [7, 11) is 0. The lowest BCUT2D eigenvalue weighted by molar-refractivity contribution is -0.117. The van der Waals surface area contributed by atoms with E-state index >= 15 is 0 Å². The molecular formula is C16H23NO2. The van der Waals surface area contributed by atoms with Crippen LogP contribution in [0.4, 0.5) is 5.69 Å². The summed E-state index contributed by atoms with van der Waals surface area (Å²) >= 11 is 0. The smallest absolute Gasteiger partial charge is 0.224 e. The van der Waals surface area contributed by atoms with Crippen LogP contribution >= 0.6 is 0 Å². The molecule has 104 valence electrons. The van der Waals surface area contributed by atoms with Gasteiger partial charge in [-0.3, -0.25) is 4.79 Å². The van der Waals surface area contributed by atoms with Gasteiger partial charge in [0.05, 0.1) is 0 Å². The SMILES string of the molecule is CC(=O)CCCCCCC(=O)Nc1ccccc1C. The maximum atomic E-state index is 11.7. The van der Waals surface area contributed by atoms with Crippen LogP contribution in [0.2, 0.25) is 0 Å². The van der Waals surface area contributed by atoms with Gasteiger partial charge in [0, 0.05) is 18.5 Å². The summed E-state index contributed by atoms with van der Waals surface area (Å²) in [5.74, 6) is 0.318. The van der Waals surface area contributed by atoms with E-state index < -0.39 is 0 Å². The van der Waals surface area contributed by atoms with Crippen molar-refractivity contribution in [3.05, 3.63) is 29.8 Å². The van der Waals surface area contributed by atoms with Crippen molar-refractivity contribution in [2.75, 3.05) is 5.32 Å². The molecule has 3 nitrogen and oxygen atoms in total. The number of anilines is 1. The van der Waals surface area contributed by atoms with Crippen LogP contribution in [-0.2, 0) is 9.59 Å². The van der Waals surface area contributed by atoms with Crippen molar-refractivity contribution in [3.63, 3.8) is 0 Å². The van der Waals surface area contributed by atoms with Gasteiger partial charge in [-0.1, -0.05) is 31.0 Å². The lowest BCUT2D eigenvalue weighted by atomic mass is 10.1.